The van der Waals surface area contributed by atoms with Crippen LogP contribution >= 0.6 is 0 Å². The van der Waals surface area contributed by atoms with E-state index in [0.29, 0.717) is 13.1 Å². The molecule has 0 fully saturated rings. The van der Waals surface area contributed by atoms with Crippen molar-refractivity contribution in [2.45, 2.75) is 6.54 Å². The zero-order valence-electron chi connectivity index (χ0n) is 8.63. The van der Waals surface area contributed by atoms with Crippen molar-refractivity contribution in [3.63, 3.8) is 0 Å². The van der Waals surface area contributed by atoms with Crippen molar-refractivity contribution >= 4 is 5.97 Å². The number of carbonyl (C=O) groups is 1. The molecule has 0 unspecified atom stereocenters. The van der Waals surface area contributed by atoms with Crippen LogP contribution in [0.2, 0.25) is 0 Å². The summed E-state index contributed by atoms with van der Waals surface area (Å²) in [6, 6.07) is 0. The lowest BCUT2D eigenvalue weighted by Gasteiger charge is -2.17. The summed E-state index contributed by atoms with van der Waals surface area (Å²) in [6.07, 6.45) is 3.25. The first-order valence-corrected chi connectivity index (χ1v) is 4.51. The molecule has 0 saturated carbocycles. The second-order valence-electron chi connectivity index (χ2n) is 3.21. The molecule has 1 N–H and O–H groups in total. The van der Waals surface area contributed by atoms with E-state index in [9.17, 15) is 4.79 Å². The molecule has 15 heavy (non-hydrogen) atoms. The lowest BCUT2D eigenvalue weighted by atomic mass is 10.4. The molecule has 0 amide bonds. The Morgan fingerprint density at radius 2 is 2.53 bits per heavy atom. The van der Waals surface area contributed by atoms with Gasteiger partial charge in [0.15, 0.2) is 0 Å². The second-order valence-corrected chi connectivity index (χ2v) is 3.21. The number of hydrogen-bond acceptors (Lipinski definition) is 4. The van der Waals surface area contributed by atoms with Gasteiger partial charge in [0.25, 0.3) is 0 Å². The van der Waals surface area contributed by atoms with Crippen molar-refractivity contribution in [1.29, 1.82) is 0 Å². The monoisotopic (exact) mass is 210 g/mol. The number of aryl methyl sites for hydroxylation is 1. The van der Waals surface area contributed by atoms with E-state index in [-0.39, 0.29) is 6.54 Å². The first kappa shape index (κ1) is 11.4. The van der Waals surface area contributed by atoms with E-state index < -0.39 is 5.97 Å². The molecule has 0 spiro atoms. The molecule has 0 bridgehead atoms. The highest BCUT2D eigenvalue weighted by atomic mass is 16.4. The Morgan fingerprint density at radius 1 is 1.80 bits per heavy atom. The number of carboxylic acids is 1. The zero-order valence-corrected chi connectivity index (χ0v) is 8.63. The Morgan fingerprint density at radius 3 is 3.00 bits per heavy atom. The van der Waals surface area contributed by atoms with Gasteiger partial charge < -0.3 is 9.67 Å². The third-order valence-corrected chi connectivity index (χ3v) is 1.92. The molecule has 1 aromatic heterocycles. The fraction of sp³-hybridized carbons (Fsp3) is 0.444. The van der Waals surface area contributed by atoms with Crippen molar-refractivity contribution in [2.24, 2.45) is 7.05 Å². The number of rotatable bonds is 6. The van der Waals surface area contributed by atoms with Crippen LogP contribution in [0.1, 0.15) is 5.82 Å². The third-order valence-electron chi connectivity index (χ3n) is 1.92. The van der Waals surface area contributed by atoms with Crippen LogP contribution in [0.4, 0.5) is 0 Å². The maximum absolute atomic E-state index is 10.6. The van der Waals surface area contributed by atoms with Crippen molar-refractivity contribution in [1.82, 2.24) is 19.7 Å². The van der Waals surface area contributed by atoms with Gasteiger partial charge in [-0.15, -0.1) is 16.8 Å². The SMILES string of the molecule is C=CCN(CC(=O)O)Cc1nncn1C. The molecule has 0 aliphatic carbocycles. The van der Waals surface area contributed by atoms with Crippen molar-refractivity contribution < 1.29 is 9.90 Å². The number of aliphatic carboxylic acids is 1. The lowest BCUT2D eigenvalue weighted by molar-refractivity contribution is -0.138. The van der Waals surface area contributed by atoms with Gasteiger partial charge in [0.1, 0.15) is 12.2 Å². The molecule has 1 rings (SSSR count). The van der Waals surface area contributed by atoms with Crippen LogP contribution in [-0.4, -0.2) is 43.8 Å². The van der Waals surface area contributed by atoms with E-state index in [1.807, 2.05) is 7.05 Å². The minimum absolute atomic E-state index is 0.0289. The van der Waals surface area contributed by atoms with E-state index in [2.05, 4.69) is 16.8 Å². The molecule has 0 aliphatic heterocycles. The lowest BCUT2D eigenvalue weighted by Crippen LogP contribution is -2.30. The Hall–Kier alpha value is -1.69. The topological polar surface area (TPSA) is 71.2 Å². The average Bonchev–Trinajstić information content (AvgIpc) is 2.51. The summed E-state index contributed by atoms with van der Waals surface area (Å²) in [5.41, 5.74) is 0. The maximum atomic E-state index is 10.6. The Labute approximate surface area is 87.8 Å². The standard InChI is InChI=1S/C9H14N4O2/c1-3-4-13(6-9(14)15)5-8-11-10-7-12(8)2/h3,7H,1,4-6H2,2H3,(H,14,15). The third kappa shape index (κ3) is 3.51. The zero-order chi connectivity index (χ0) is 11.3. The molecule has 1 aromatic rings. The highest BCUT2D eigenvalue weighted by Crippen LogP contribution is 1.99. The van der Waals surface area contributed by atoms with Gasteiger partial charge in [-0.25, -0.2) is 0 Å². The molecule has 0 radical (unpaired) electrons. The normalized spacial score (nSPS) is 10.5. The fourth-order valence-corrected chi connectivity index (χ4v) is 1.21. The largest absolute Gasteiger partial charge is 0.480 e. The number of carboxylic acid groups (broad SMARTS) is 1. The first-order chi connectivity index (χ1) is 7.13. The summed E-state index contributed by atoms with van der Waals surface area (Å²) in [5.74, 6) is -0.128. The molecule has 6 nitrogen and oxygen atoms in total. The van der Waals surface area contributed by atoms with Gasteiger partial charge in [0.05, 0.1) is 13.1 Å². The van der Waals surface area contributed by atoms with E-state index in [1.165, 1.54) is 0 Å². The molecule has 82 valence electrons. The highest BCUT2D eigenvalue weighted by molar-refractivity contribution is 5.69. The van der Waals surface area contributed by atoms with Gasteiger partial charge in [0, 0.05) is 13.6 Å². The fourth-order valence-electron chi connectivity index (χ4n) is 1.21. The molecule has 0 saturated heterocycles. The van der Waals surface area contributed by atoms with Gasteiger partial charge in [-0.2, -0.15) is 0 Å². The molecular weight excluding hydrogens is 196 g/mol. The molecule has 1 heterocycles. The Kier molecular flexibility index (Phi) is 3.99. The summed E-state index contributed by atoms with van der Waals surface area (Å²) in [6.45, 7) is 4.52. The van der Waals surface area contributed by atoms with Crippen LogP contribution in [0.5, 0.6) is 0 Å². The molecule has 0 aromatic carbocycles. The van der Waals surface area contributed by atoms with E-state index in [1.54, 1.807) is 21.9 Å². The van der Waals surface area contributed by atoms with Crippen LogP contribution in [0, 0.1) is 0 Å². The van der Waals surface area contributed by atoms with Gasteiger partial charge >= 0.3 is 5.97 Å². The molecule has 0 aliphatic rings. The van der Waals surface area contributed by atoms with Crippen molar-refractivity contribution in [2.75, 3.05) is 13.1 Å². The quantitative estimate of drug-likeness (QED) is 0.663. The second kappa shape index (κ2) is 5.26. The van der Waals surface area contributed by atoms with Crippen molar-refractivity contribution in [3.8, 4) is 0 Å². The summed E-state index contributed by atoms with van der Waals surface area (Å²) in [4.78, 5) is 12.3. The first-order valence-electron chi connectivity index (χ1n) is 4.51. The number of hydrogen-bond donors (Lipinski definition) is 1. The van der Waals surface area contributed by atoms with Crippen LogP contribution < -0.4 is 0 Å². The van der Waals surface area contributed by atoms with Crippen LogP contribution in [0.15, 0.2) is 19.0 Å². The van der Waals surface area contributed by atoms with E-state index in [0.717, 1.165) is 5.82 Å². The molecule has 6 heteroatoms. The minimum Gasteiger partial charge on any atom is -0.480 e. The number of aromatic nitrogens is 3. The summed E-state index contributed by atoms with van der Waals surface area (Å²) in [5, 5.41) is 16.3. The van der Waals surface area contributed by atoms with E-state index in [4.69, 9.17) is 5.11 Å². The predicted octanol–water partition coefficient (Wildman–Crippen LogP) is -0.112. The Balaban J connectivity index is 2.61. The molecule has 0 atom stereocenters. The Bertz CT molecular complexity index is 348. The van der Waals surface area contributed by atoms with Gasteiger partial charge in [-0.1, -0.05) is 6.08 Å². The van der Waals surface area contributed by atoms with Gasteiger partial charge in [0.2, 0.25) is 0 Å². The van der Waals surface area contributed by atoms with Crippen LogP contribution in [0.25, 0.3) is 0 Å². The molecular formula is C9H14N4O2. The smallest absolute Gasteiger partial charge is 0.317 e. The summed E-state index contributed by atoms with van der Waals surface area (Å²) in [7, 11) is 1.82. The maximum Gasteiger partial charge on any atom is 0.317 e. The minimum atomic E-state index is -0.862. The van der Waals surface area contributed by atoms with Crippen LogP contribution in [0.3, 0.4) is 0 Å². The summed E-state index contributed by atoms with van der Waals surface area (Å²) < 4.78 is 1.76. The van der Waals surface area contributed by atoms with E-state index >= 15 is 0 Å². The number of nitrogens with zero attached hydrogens (tertiary/aromatic N) is 4. The van der Waals surface area contributed by atoms with Gasteiger partial charge in [-0.3, -0.25) is 9.69 Å². The summed E-state index contributed by atoms with van der Waals surface area (Å²) >= 11 is 0. The van der Waals surface area contributed by atoms with Crippen LogP contribution in [-0.2, 0) is 18.4 Å². The van der Waals surface area contributed by atoms with Gasteiger partial charge in [-0.05, 0) is 0 Å². The predicted molar refractivity (Wildman–Crippen MR) is 54.1 cm³/mol. The van der Waals surface area contributed by atoms with Crippen molar-refractivity contribution in [3.05, 3.63) is 24.8 Å². The average molecular weight is 210 g/mol. The highest BCUT2D eigenvalue weighted by Gasteiger charge is 2.11.